The van der Waals surface area contributed by atoms with Gasteiger partial charge in [-0.1, -0.05) is 0 Å². The number of methoxy groups -OCH3 is 1. The monoisotopic (exact) mass is 417 g/mol. The highest BCUT2D eigenvalue weighted by molar-refractivity contribution is 7.20. The summed E-state index contributed by atoms with van der Waals surface area (Å²) in [5.41, 5.74) is 0.902. The number of likely N-dealkylation sites (tertiary alicyclic amines) is 1. The average molecular weight is 418 g/mol. The molecule has 0 spiro atoms. The molecule has 2 aliphatic rings. The van der Waals surface area contributed by atoms with E-state index in [0.29, 0.717) is 17.8 Å². The number of thiophene rings is 1. The van der Waals surface area contributed by atoms with Gasteiger partial charge in [-0.05, 0) is 38.8 Å². The van der Waals surface area contributed by atoms with Gasteiger partial charge in [-0.2, -0.15) is 0 Å². The van der Waals surface area contributed by atoms with E-state index in [1.807, 2.05) is 6.92 Å². The number of nitrogens with zero attached hydrogens (tertiary/aromatic N) is 5. The molecule has 1 atom stereocenters. The molecule has 2 aromatic rings. The van der Waals surface area contributed by atoms with Gasteiger partial charge in [0.15, 0.2) is 0 Å². The molecule has 1 amide bonds. The number of rotatable bonds is 3. The second-order valence-electron chi connectivity index (χ2n) is 7.76. The lowest BCUT2D eigenvalue weighted by atomic mass is 10.0. The Morgan fingerprint density at radius 2 is 1.90 bits per heavy atom. The summed E-state index contributed by atoms with van der Waals surface area (Å²) in [6.45, 7) is 6.30. The number of esters is 1. The first-order valence-electron chi connectivity index (χ1n) is 10.1. The van der Waals surface area contributed by atoms with Crippen LogP contribution >= 0.6 is 11.3 Å². The van der Waals surface area contributed by atoms with Gasteiger partial charge in [-0.25, -0.2) is 14.8 Å². The minimum Gasteiger partial charge on any atom is -0.467 e. The van der Waals surface area contributed by atoms with Gasteiger partial charge in [-0.3, -0.25) is 4.79 Å². The van der Waals surface area contributed by atoms with E-state index in [1.165, 1.54) is 18.4 Å². The van der Waals surface area contributed by atoms with E-state index in [0.717, 1.165) is 60.6 Å². The maximum atomic E-state index is 13.4. The second-order valence-corrected chi connectivity index (χ2v) is 8.76. The van der Waals surface area contributed by atoms with Crippen LogP contribution in [0.3, 0.4) is 0 Å². The number of piperazine rings is 1. The fraction of sp³-hybridized carbons (Fsp3) is 0.600. The van der Waals surface area contributed by atoms with Gasteiger partial charge in [0.25, 0.3) is 5.91 Å². The number of likely N-dealkylation sites (N-methyl/N-ethyl adjacent to an activating group) is 1. The molecule has 4 heterocycles. The van der Waals surface area contributed by atoms with Crippen molar-refractivity contribution in [1.82, 2.24) is 19.8 Å². The van der Waals surface area contributed by atoms with Crippen molar-refractivity contribution < 1.29 is 14.3 Å². The molecule has 0 radical (unpaired) electrons. The third-order valence-corrected chi connectivity index (χ3v) is 7.13. The Morgan fingerprint density at radius 1 is 1.14 bits per heavy atom. The Hall–Kier alpha value is -2.26. The normalized spacial score (nSPS) is 20.9. The second kappa shape index (κ2) is 8.23. The molecule has 2 aromatic heterocycles. The predicted molar refractivity (Wildman–Crippen MR) is 113 cm³/mol. The van der Waals surface area contributed by atoms with Crippen molar-refractivity contribution in [2.24, 2.45) is 0 Å². The summed E-state index contributed by atoms with van der Waals surface area (Å²) in [5.74, 6) is 0.457. The van der Waals surface area contributed by atoms with Crippen molar-refractivity contribution in [2.45, 2.75) is 32.2 Å². The zero-order chi connectivity index (χ0) is 20.5. The lowest BCUT2D eigenvalue weighted by Gasteiger charge is -2.34. The Kier molecular flexibility index (Phi) is 5.69. The van der Waals surface area contributed by atoms with Crippen LogP contribution in [0.4, 0.5) is 5.82 Å². The van der Waals surface area contributed by atoms with E-state index >= 15 is 0 Å². The molecule has 156 valence electrons. The standard InChI is InChI=1S/C20H27N5O3S/c1-13-15-17(24-10-8-23(2)9-11-24)21-12-22-18(15)29-16(13)19(26)25-7-5-4-6-14(25)20(27)28-3/h12,14H,4-11H2,1-3H3/t14-/m0/s1. The number of aromatic nitrogens is 2. The molecule has 2 fully saturated rings. The van der Waals surface area contributed by atoms with Crippen molar-refractivity contribution in [3.63, 3.8) is 0 Å². The summed E-state index contributed by atoms with van der Waals surface area (Å²) in [7, 11) is 3.50. The lowest BCUT2D eigenvalue weighted by molar-refractivity contribution is -0.147. The molecule has 2 aliphatic heterocycles. The third kappa shape index (κ3) is 3.69. The van der Waals surface area contributed by atoms with Crippen molar-refractivity contribution in [3.05, 3.63) is 16.8 Å². The van der Waals surface area contributed by atoms with Crippen LogP contribution in [0.1, 0.15) is 34.5 Å². The van der Waals surface area contributed by atoms with Crippen LogP contribution in [0.15, 0.2) is 6.33 Å². The highest BCUT2D eigenvalue weighted by Gasteiger charge is 2.35. The summed E-state index contributed by atoms with van der Waals surface area (Å²) < 4.78 is 4.94. The minimum atomic E-state index is -0.506. The zero-order valence-electron chi connectivity index (χ0n) is 17.2. The van der Waals surface area contributed by atoms with Gasteiger partial charge in [-0.15, -0.1) is 11.3 Å². The number of fused-ring (bicyclic) bond motifs is 1. The van der Waals surface area contributed by atoms with E-state index in [4.69, 9.17) is 4.74 Å². The number of hydrogen-bond donors (Lipinski definition) is 0. The first kappa shape index (κ1) is 20.0. The van der Waals surface area contributed by atoms with E-state index in [2.05, 4.69) is 26.8 Å². The third-order valence-electron chi connectivity index (χ3n) is 5.94. The number of carbonyl (C=O) groups is 2. The molecule has 2 saturated heterocycles. The number of piperidine rings is 1. The summed E-state index contributed by atoms with van der Waals surface area (Å²) in [4.78, 5) is 42.3. The molecule has 0 unspecified atom stereocenters. The van der Waals surface area contributed by atoms with Gasteiger partial charge in [0.1, 0.15) is 23.0 Å². The van der Waals surface area contributed by atoms with Crippen LogP contribution < -0.4 is 4.90 Å². The van der Waals surface area contributed by atoms with Gasteiger partial charge < -0.3 is 19.4 Å². The fourth-order valence-corrected chi connectivity index (χ4v) is 5.30. The van der Waals surface area contributed by atoms with E-state index in [9.17, 15) is 9.59 Å². The Bertz CT molecular complexity index is 922. The molecule has 29 heavy (non-hydrogen) atoms. The quantitative estimate of drug-likeness (QED) is 0.706. The van der Waals surface area contributed by atoms with Crippen LogP contribution in [0.2, 0.25) is 0 Å². The molecule has 0 saturated carbocycles. The van der Waals surface area contributed by atoms with Gasteiger partial charge in [0, 0.05) is 32.7 Å². The number of aryl methyl sites for hydroxylation is 1. The van der Waals surface area contributed by atoms with Crippen molar-refractivity contribution >= 4 is 39.2 Å². The number of hydrogen-bond acceptors (Lipinski definition) is 8. The molecule has 0 N–H and O–H groups in total. The summed E-state index contributed by atoms with van der Waals surface area (Å²) >= 11 is 1.39. The van der Waals surface area contributed by atoms with Crippen LogP contribution in [0.25, 0.3) is 10.2 Å². The van der Waals surface area contributed by atoms with Crippen LogP contribution in [0.5, 0.6) is 0 Å². The van der Waals surface area contributed by atoms with Crippen molar-refractivity contribution in [3.8, 4) is 0 Å². The van der Waals surface area contributed by atoms with E-state index in [-0.39, 0.29) is 11.9 Å². The predicted octanol–water partition coefficient (Wildman–Crippen LogP) is 1.92. The average Bonchev–Trinajstić information content (AvgIpc) is 3.10. The Labute approximate surface area is 174 Å². The molecular weight excluding hydrogens is 390 g/mol. The van der Waals surface area contributed by atoms with Crippen molar-refractivity contribution in [2.75, 3.05) is 51.8 Å². The van der Waals surface area contributed by atoms with Crippen molar-refractivity contribution in [1.29, 1.82) is 0 Å². The highest BCUT2D eigenvalue weighted by Crippen LogP contribution is 2.36. The molecule has 0 bridgehead atoms. The highest BCUT2D eigenvalue weighted by atomic mass is 32.1. The maximum absolute atomic E-state index is 13.4. The summed E-state index contributed by atoms with van der Waals surface area (Å²) in [6, 6.07) is -0.506. The molecule has 4 rings (SSSR count). The molecule has 0 aliphatic carbocycles. The maximum Gasteiger partial charge on any atom is 0.328 e. The number of carbonyl (C=O) groups excluding carboxylic acids is 2. The molecule has 8 nitrogen and oxygen atoms in total. The fourth-order valence-electron chi connectivity index (χ4n) is 4.20. The van der Waals surface area contributed by atoms with Crippen LogP contribution in [0, 0.1) is 6.92 Å². The number of anilines is 1. The zero-order valence-corrected chi connectivity index (χ0v) is 18.0. The smallest absolute Gasteiger partial charge is 0.328 e. The Morgan fingerprint density at radius 3 is 2.62 bits per heavy atom. The van der Waals surface area contributed by atoms with Gasteiger partial charge in [0.2, 0.25) is 0 Å². The van der Waals surface area contributed by atoms with Gasteiger partial charge in [0.05, 0.1) is 17.4 Å². The van der Waals surface area contributed by atoms with Crippen LogP contribution in [-0.4, -0.2) is 84.6 Å². The SMILES string of the molecule is COC(=O)[C@@H]1CCCCN1C(=O)c1sc2ncnc(N3CCN(C)CC3)c2c1C. The Balaban J connectivity index is 1.69. The van der Waals surface area contributed by atoms with Crippen LogP contribution in [-0.2, 0) is 9.53 Å². The molecule has 0 aromatic carbocycles. The largest absolute Gasteiger partial charge is 0.467 e. The molecular formula is C20H27N5O3S. The van der Waals surface area contributed by atoms with Gasteiger partial charge >= 0.3 is 5.97 Å². The van der Waals surface area contributed by atoms with E-state index in [1.54, 1.807) is 11.2 Å². The number of ether oxygens (including phenoxy) is 1. The topological polar surface area (TPSA) is 78.9 Å². The lowest BCUT2D eigenvalue weighted by Crippen LogP contribution is -2.48. The first-order valence-corrected chi connectivity index (χ1v) is 10.9. The first-order chi connectivity index (χ1) is 14.0. The minimum absolute atomic E-state index is 0.107. The summed E-state index contributed by atoms with van der Waals surface area (Å²) in [5, 5.41) is 0.956. The number of amides is 1. The van der Waals surface area contributed by atoms with E-state index < -0.39 is 6.04 Å². The summed E-state index contributed by atoms with van der Waals surface area (Å²) in [6.07, 6.45) is 4.05. The molecule has 9 heteroatoms.